The van der Waals surface area contributed by atoms with Crippen molar-refractivity contribution in [1.29, 1.82) is 0 Å². The lowest BCUT2D eigenvalue weighted by Crippen LogP contribution is -2.26. The second kappa shape index (κ2) is 6.42. The molecule has 1 aromatic carbocycles. The Labute approximate surface area is 140 Å². The standard InChI is InChI=1S/C18H18ClN3O/c1-12-9-14(3-6-17(12)19)7-8-21-18(23)16-5-4-15-10-20-11-22(15)13(16)2/h3-6,9-11H,7-8H2,1-2H3,(H,21,23). The fourth-order valence-corrected chi connectivity index (χ4v) is 2.76. The molecule has 0 bridgehead atoms. The summed E-state index contributed by atoms with van der Waals surface area (Å²) in [6, 6.07) is 9.68. The molecule has 118 valence electrons. The van der Waals surface area contributed by atoms with Gasteiger partial charge in [-0.1, -0.05) is 23.7 Å². The molecule has 3 rings (SSSR count). The molecule has 0 atom stereocenters. The molecule has 0 fully saturated rings. The van der Waals surface area contributed by atoms with Crippen LogP contribution in [0.4, 0.5) is 0 Å². The van der Waals surface area contributed by atoms with E-state index in [-0.39, 0.29) is 5.91 Å². The zero-order chi connectivity index (χ0) is 16.4. The minimum atomic E-state index is -0.0659. The highest BCUT2D eigenvalue weighted by Gasteiger charge is 2.11. The molecular weight excluding hydrogens is 310 g/mol. The number of halogens is 1. The normalized spacial score (nSPS) is 10.9. The Kier molecular flexibility index (Phi) is 4.35. The summed E-state index contributed by atoms with van der Waals surface area (Å²) in [7, 11) is 0. The summed E-state index contributed by atoms with van der Waals surface area (Å²) in [5.41, 5.74) is 4.75. The summed E-state index contributed by atoms with van der Waals surface area (Å²) in [6.07, 6.45) is 4.27. The quantitative estimate of drug-likeness (QED) is 0.796. The van der Waals surface area contributed by atoms with Crippen LogP contribution in [0, 0.1) is 13.8 Å². The van der Waals surface area contributed by atoms with Crippen molar-refractivity contribution in [2.75, 3.05) is 6.54 Å². The monoisotopic (exact) mass is 327 g/mol. The number of nitrogens with one attached hydrogen (secondary N) is 1. The fraction of sp³-hybridized carbons (Fsp3) is 0.222. The molecule has 1 N–H and O–H groups in total. The number of pyridine rings is 1. The molecule has 23 heavy (non-hydrogen) atoms. The third kappa shape index (κ3) is 3.22. The van der Waals surface area contributed by atoms with Gasteiger partial charge in [-0.15, -0.1) is 0 Å². The van der Waals surface area contributed by atoms with Crippen LogP contribution >= 0.6 is 11.6 Å². The van der Waals surface area contributed by atoms with Crippen molar-refractivity contribution >= 4 is 23.0 Å². The second-order valence-corrected chi connectivity index (χ2v) is 6.02. The number of nitrogens with zero attached hydrogens (tertiary/aromatic N) is 2. The Bertz CT molecular complexity index is 870. The lowest BCUT2D eigenvalue weighted by molar-refractivity contribution is 0.0953. The molecule has 4 nitrogen and oxygen atoms in total. The van der Waals surface area contributed by atoms with Crippen LogP contribution in [0.15, 0.2) is 42.9 Å². The van der Waals surface area contributed by atoms with Gasteiger partial charge in [-0.2, -0.15) is 0 Å². The third-order valence-corrected chi connectivity index (χ3v) is 4.43. The summed E-state index contributed by atoms with van der Waals surface area (Å²) < 4.78 is 1.91. The van der Waals surface area contributed by atoms with Gasteiger partial charge in [0.05, 0.1) is 23.6 Å². The predicted molar refractivity (Wildman–Crippen MR) is 92.2 cm³/mol. The van der Waals surface area contributed by atoms with Gasteiger partial charge in [-0.05, 0) is 49.6 Å². The molecule has 0 aliphatic heterocycles. The largest absolute Gasteiger partial charge is 0.352 e. The number of fused-ring (bicyclic) bond motifs is 1. The number of imidazole rings is 1. The molecule has 0 saturated heterocycles. The number of hydrogen-bond donors (Lipinski definition) is 1. The summed E-state index contributed by atoms with van der Waals surface area (Å²) >= 11 is 6.02. The predicted octanol–water partition coefficient (Wildman–Crippen LogP) is 3.58. The van der Waals surface area contributed by atoms with Gasteiger partial charge in [0.2, 0.25) is 0 Å². The van der Waals surface area contributed by atoms with Crippen molar-refractivity contribution in [1.82, 2.24) is 14.7 Å². The number of hydrogen-bond acceptors (Lipinski definition) is 2. The van der Waals surface area contributed by atoms with Gasteiger partial charge < -0.3 is 9.72 Å². The molecule has 1 amide bonds. The van der Waals surface area contributed by atoms with E-state index in [1.165, 1.54) is 0 Å². The molecule has 2 aromatic heterocycles. The van der Waals surface area contributed by atoms with Gasteiger partial charge in [0.25, 0.3) is 5.91 Å². The summed E-state index contributed by atoms with van der Waals surface area (Å²) in [4.78, 5) is 16.5. The average Bonchev–Trinajstić information content (AvgIpc) is 3.00. The summed E-state index contributed by atoms with van der Waals surface area (Å²) in [6.45, 7) is 4.49. The Hall–Kier alpha value is -2.33. The van der Waals surface area contributed by atoms with E-state index in [1.54, 1.807) is 12.5 Å². The number of aromatic nitrogens is 2. The van der Waals surface area contributed by atoms with Crippen LogP contribution < -0.4 is 5.32 Å². The highest BCUT2D eigenvalue weighted by atomic mass is 35.5. The number of rotatable bonds is 4. The molecular formula is C18H18ClN3O. The number of carbonyl (C=O) groups is 1. The van der Waals surface area contributed by atoms with E-state index < -0.39 is 0 Å². The highest BCUT2D eigenvalue weighted by Crippen LogP contribution is 2.16. The Morgan fingerprint density at radius 3 is 2.87 bits per heavy atom. The SMILES string of the molecule is Cc1cc(CCNC(=O)c2ccc3cncn3c2C)ccc1Cl. The van der Waals surface area contributed by atoms with E-state index in [1.807, 2.05) is 42.5 Å². The van der Waals surface area contributed by atoms with Crippen LogP contribution in [0.5, 0.6) is 0 Å². The molecule has 3 aromatic rings. The molecule has 5 heteroatoms. The van der Waals surface area contributed by atoms with E-state index in [2.05, 4.69) is 16.4 Å². The zero-order valence-corrected chi connectivity index (χ0v) is 13.9. The number of amides is 1. The molecule has 2 heterocycles. The van der Waals surface area contributed by atoms with Crippen LogP contribution in [0.2, 0.25) is 5.02 Å². The second-order valence-electron chi connectivity index (χ2n) is 5.61. The van der Waals surface area contributed by atoms with Crippen LogP contribution in [0.1, 0.15) is 27.2 Å². The number of aryl methyl sites for hydroxylation is 2. The van der Waals surface area contributed by atoms with Gasteiger partial charge in [0.15, 0.2) is 0 Å². The highest BCUT2D eigenvalue weighted by molar-refractivity contribution is 6.31. The van der Waals surface area contributed by atoms with Crippen LogP contribution in [-0.4, -0.2) is 21.8 Å². The van der Waals surface area contributed by atoms with Gasteiger partial charge in [-0.25, -0.2) is 4.98 Å². The summed E-state index contributed by atoms with van der Waals surface area (Å²) in [5, 5.41) is 3.74. The molecule has 0 aliphatic carbocycles. The van der Waals surface area contributed by atoms with Crippen LogP contribution in [0.3, 0.4) is 0 Å². The van der Waals surface area contributed by atoms with Crippen molar-refractivity contribution in [3.05, 3.63) is 70.3 Å². The van der Waals surface area contributed by atoms with Gasteiger partial charge in [0.1, 0.15) is 0 Å². The van der Waals surface area contributed by atoms with Crippen molar-refractivity contribution in [2.24, 2.45) is 0 Å². The van der Waals surface area contributed by atoms with Gasteiger partial charge >= 0.3 is 0 Å². The van der Waals surface area contributed by atoms with Crippen LogP contribution in [-0.2, 0) is 6.42 Å². The lowest BCUT2D eigenvalue weighted by Gasteiger charge is -2.10. The zero-order valence-electron chi connectivity index (χ0n) is 13.1. The van der Waals surface area contributed by atoms with Crippen LogP contribution in [0.25, 0.3) is 5.52 Å². The van der Waals surface area contributed by atoms with Gasteiger partial charge in [-0.3, -0.25) is 4.79 Å². The Morgan fingerprint density at radius 1 is 1.26 bits per heavy atom. The molecule has 0 radical (unpaired) electrons. The molecule has 0 saturated carbocycles. The Morgan fingerprint density at radius 2 is 2.09 bits per heavy atom. The first-order valence-electron chi connectivity index (χ1n) is 7.51. The minimum absolute atomic E-state index is 0.0659. The summed E-state index contributed by atoms with van der Waals surface area (Å²) in [5.74, 6) is -0.0659. The fourth-order valence-electron chi connectivity index (χ4n) is 2.65. The van der Waals surface area contributed by atoms with Crippen molar-refractivity contribution in [2.45, 2.75) is 20.3 Å². The first-order valence-corrected chi connectivity index (χ1v) is 7.89. The maximum atomic E-state index is 12.4. The number of carbonyl (C=O) groups excluding carboxylic acids is 1. The lowest BCUT2D eigenvalue weighted by atomic mass is 10.1. The molecule has 0 unspecified atom stereocenters. The maximum absolute atomic E-state index is 12.4. The minimum Gasteiger partial charge on any atom is -0.352 e. The van der Waals surface area contributed by atoms with E-state index >= 15 is 0 Å². The van der Waals surface area contributed by atoms with E-state index in [0.717, 1.165) is 33.8 Å². The van der Waals surface area contributed by atoms with Crippen molar-refractivity contribution < 1.29 is 4.79 Å². The van der Waals surface area contributed by atoms with E-state index in [4.69, 9.17) is 11.6 Å². The van der Waals surface area contributed by atoms with E-state index in [9.17, 15) is 4.79 Å². The van der Waals surface area contributed by atoms with Crippen molar-refractivity contribution in [3.8, 4) is 0 Å². The third-order valence-electron chi connectivity index (χ3n) is 4.01. The first kappa shape index (κ1) is 15.6. The van der Waals surface area contributed by atoms with E-state index in [0.29, 0.717) is 12.1 Å². The molecule has 0 spiro atoms. The molecule has 0 aliphatic rings. The smallest absolute Gasteiger partial charge is 0.253 e. The first-order chi connectivity index (χ1) is 11.1. The average molecular weight is 328 g/mol. The topological polar surface area (TPSA) is 46.4 Å². The number of benzene rings is 1. The van der Waals surface area contributed by atoms with Gasteiger partial charge in [0, 0.05) is 17.3 Å². The maximum Gasteiger partial charge on any atom is 0.253 e. The Balaban J connectivity index is 1.66. The van der Waals surface area contributed by atoms with Crippen molar-refractivity contribution in [3.63, 3.8) is 0 Å².